The molecule has 0 N–H and O–H groups in total. The third-order valence-corrected chi connectivity index (χ3v) is 12.4. The number of hydrogen-bond acceptors (Lipinski definition) is 1. The first kappa shape index (κ1) is 27.3. The van der Waals surface area contributed by atoms with Crippen LogP contribution in [0.5, 0.6) is 5.75 Å². The molecule has 2 fully saturated rings. The van der Waals surface area contributed by atoms with Crippen molar-refractivity contribution in [3.05, 3.63) is 53.8 Å². The molecule has 1 aliphatic carbocycles. The minimum Gasteiger partial charge on any atom is -0.432 e. The van der Waals surface area contributed by atoms with E-state index >= 15 is 0 Å². The predicted octanol–water partition coefficient (Wildman–Crippen LogP) is 9.98. The first-order chi connectivity index (χ1) is 17.5. The lowest BCUT2D eigenvalue weighted by atomic mass is 9.76. The zero-order chi connectivity index (χ0) is 25.3. The molecule has 2 aromatic carbocycles. The Morgan fingerprint density at radius 2 is 1.47 bits per heavy atom. The molecule has 0 radical (unpaired) electrons. The summed E-state index contributed by atoms with van der Waals surface area (Å²) < 4.78 is 43.0. The highest BCUT2D eigenvalue weighted by molar-refractivity contribution is 6.58. The van der Waals surface area contributed by atoms with Crippen LogP contribution in [0.3, 0.4) is 0 Å². The summed E-state index contributed by atoms with van der Waals surface area (Å²) >= 11 is 0. The fraction of sp³-hybridized carbons (Fsp3) is 0.613. The zero-order valence-corrected chi connectivity index (χ0v) is 23.0. The Bertz CT molecular complexity index is 916. The first-order valence-corrected chi connectivity index (χ1v) is 16.8. The lowest BCUT2D eigenvalue weighted by molar-refractivity contribution is -0.0521. The van der Waals surface area contributed by atoms with Gasteiger partial charge in [-0.05, 0) is 72.3 Å². The number of halogens is 3. The number of ether oxygens (including phenoxy) is 1. The molecule has 0 amide bonds. The van der Waals surface area contributed by atoms with Crippen molar-refractivity contribution in [2.75, 3.05) is 0 Å². The maximum atomic E-state index is 14.1. The largest absolute Gasteiger partial charge is 0.432 e. The summed E-state index contributed by atoms with van der Waals surface area (Å²) in [5, 5.41) is 0. The Hall–Kier alpha value is -1.75. The first-order valence-electron chi connectivity index (χ1n) is 14.4. The van der Waals surface area contributed by atoms with Gasteiger partial charge in [0.2, 0.25) is 0 Å². The van der Waals surface area contributed by atoms with Gasteiger partial charge in [0, 0.05) is 8.80 Å². The van der Waals surface area contributed by atoms with Crippen LogP contribution in [0.2, 0.25) is 18.1 Å². The van der Waals surface area contributed by atoms with Crippen molar-refractivity contribution >= 4 is 8.80 Å². The highest BCUT2D eigenvalue weighted by Gasteiger charge is 2.25. The zero-order valence-electron chi connectivity index (χ0n) is 21.9. The van der Waals surface area contributed by atoms with Gasteiger partial charge in [-0.2, -0.15) is 8.78 Å². The van der Waals surface area contributed by atoms with E-state index in [1.54, 1.807) is 24.2 Å². The van der Waals surface area contributed by atoms with Crippen molar-refractivity contribution in [2.24, 2.45) is 11.8 Å². The van der Waals surface area contributed by atoms with Crippen LogP contribution in [0.15, 0.2) is 42.5 Å². The molecule has 2 aromatic rings. The van der Waals surface area contributed by atoms with Gasteiger partial charge in [0.05, 0.1) is 0 Å². The predicted molar refractivity (Wildman–Crippen MR) is 146 cm³/mol. The highest BCUT2D eigenvalue weighted by Crippen LogP contribution is 2.40. The normalized spacial score (nSPS) is 24.7. The molecule has 5 heteroatoms. The van der Waals surface area contributed by atoms with Crippen LogP contribution in [0.4, 0.5) is 13.2 Å². The monoisotopic (exact) mass is 516 g/mol. The molecule has 4 rings (SSSR count). The number of benzene rings is 2. The van der Waals surface area contributed by atoms with Crippen LogP contribution >= 0.6 is 0 Å². The Balaban J connectivity index is 1.19. The average molecular weight is 517 g/mol. The minimum absolute atomic E-state index is 0.384. The van der Waals surface area contributed by atoms with E-state index in [2.05, 4.69) is 23.8 Å². The van der Waals surface area contributed by atoms with Crippen molar-refractivity contribution in [1.82, 2.24) is 0 Å². The van der Waals surface area contributed by atoms with Crippen LogP contribution in [0.25, 0.3) is 11.1 Å². The van der Waals surface area contributed by atoms with Gasteiger partial charge in [-0.3, -0.25) is 0 Å². The summed E-state index contributed by atoms with van der Waals surface area (Å²) in [5.74, 6) is 1.33. The molecule has 1 saturated carbocycles. The van der Waals surface area contributed by atoms with Crippen molar-refractivity contribution in [1.29, 1.82) is 0 Å². The van der Waals surface area contributed by atoms with E-state index in [1.165, 1.54) is 88.3 Å². The Labute approximate surface area is 217 Å². The van der Waals surface area contributed by atoms with E-state index in [1.807, 2.05) is 12.1 Å². The quantitative estimate of drug-likeness (QED) is 0.213. The van der Waals surface area contributed by atoms with E-state index in [9.17, 15) is 13.2 Å². The lowest BCUT2D eigenvalue weighted by Gasteiger charge is -2.32. The fourth-order valence-corrected chi connectivity index (χ4v) is 10.2. The van der Waals surface area contributed by atoms with Crippen LogP contribution in [0.1, 0.15) is 89.0 Å². The fourth-order valence-electron chi connectivity index (χ4n) is 6.57. The molecular formula is C31H43F3OSi. The average Bonchev–Trinajstić information content (AvgIpc) is 2.90. The number of alkyl halides is 2. The molecule has 1 heterocycles. The third kappa shape index (κ3) is 7.87. The van der Waals surface area contributed by atoms with Crippen molar-refractivity contribution in [3.63, 3.8) is 0 Å². The van der Waals surface area contributed by atoms with Gasteiger partial charge in [-0.1, -0.05) is 100 Å². The second kappa shape index (κ2) is 13.7. The van der Waals surface area contributed by atoms with E-state index < -0.39 is 18.2 Å². The molecule has 2 aliphatic rings. The van der Waals surface area contributed by atoms with Gasteiger partial charge < -0.3 is 4.74 Å². The van der Waals surface area contributed by atoms with Crippen LogP contribution < -0.4 is 4.74 Å². The van der Waals surface area contributed by atoms with Gasteiger partial charge in [0.15, 0.2) is 11.6 Å². The maximum Gasteiger partial charge on any atom is 0.387 e. The summed E-state index contributed by atoms with van der Waals surface area (Å²) in [6.45, 7) is -0.715. The second-order valence-electron chi connectivity index (χ2n) is 11.3. The Kier molecular flexibility index (Phi) is 10.4. The van der Waals surface area contributed by atoms with Crippen molar-refractivity contribution in [3.8, 4) is 16.9 Å². The highest BCUT2D eigenvalue weighted by atomic mass is 28.3. The topological polar surface area (TPSA) is 9.23 Å². The molecule has 1 aliphatic heterocycles. The number of hydrogen-bond donors (Lipinski definition) is 0. The second-order valence-corrected chi connectivity index (χ2v) is 14.8. The summed E-state index contributed by atoms with van der Waals surface area (Å²) in [6.07, 6.45) is 15.4. The summed E-state index contributed by atoms with van der Waals surface area (Å²) in [4.78, 5) is 0. The van der Waals surface area contributed by atoms with Gasteiger partial charge in [0.25, 0.3) is 0 Å². The van der Waals surface area contributed by atoms with Crippen molar-refractivity contribution < 1.29 is 17.9 Å². The standard InChI is InChI=1S/C31H43F3OSi/c1-2-3-4-19-36-20-17-24(18-21-36)6-5-23-7-9-25(10-8-23)26-11-13-27(14-12-26)28-15-16-30(29(32)22-28)35-31(33)34/h11-16,22-25,31,36H,2-10,17-21H2,1H3/t23-,24?,25-,36?. The number of rotatable bonds is 11. The molecule has 36 heavy (non-hydrogen) atoms. The molecule has 0 unspecified atom stereocenters. The summed E-state index contributed by atoms with van der Waals surface area (Å²) in [7, 11) is -0.384. The molecule has 0 aromatic heterocycles. The van der Waals surface area contributed by atoms with E-state index in [0.717, 1.165) is 17.4 Å². The maximum absolute atomic E-state index is 14.1. The summed E-state index contributed by atoms with van der Waals surface area (Å²) in [6, 6.07) is 17.3. The molecule has 1 nitrogen and oxygen atoms in total. The van der Waals surface area contributed by atoms with E-state index in [4.69, 9.17) is 0 Å². The molecule has 0 spiro atoms. The molecule has 0 bridgehead atoms. The lowest BCUT2D eigenvalue weighted by Crippen LogP contribution is -2.22. The van der Waals surface area contributed by atoms with Gasteiger partial charge >= 0.3 is 6.61 Å². The van der Waals surface area contributed by atoms with Crippen molar-refractivity contribution in [2.45, 2.75) is 108 Å². The van der Waals surface area contributed by atoms with Gasteiger partial charge in [-0.25, -0.2) is 4.39 Å². The molecule has 198 valence electrons. The number of unbranched alkanes of at least 4 members (excludes halogenated alkanes) is 2. The van der Waals surface area contributed by atoms with Crippen LogP contribution in [-0.4, -0.2) is 15.4 Å². The molecule has 1 saturated heterocycles. The van der Waals surface area contributed by atoms with Crippen LogP contribution in [-0.2, 0) is 0 Å². The van der Waals surface area contributed by atoms with E-state index in [0.29, 0.717) is 11.5 Å². The molecule has 0 atom stereocenters. The molecular weight excluding hydrogens is 473 g/mol. The summed E-state index contributed by atoms with van der Waals surface area (Å²) in [5.41, 5.74) is 2.92. The van der Waals surface area contributed by atoms with E-state index in [-0.39, 0.29) is 8.80 Å². The third-order valence-electron chi connectivity index (χ3n) is 8.88. The Morgan fingerprint density at radius 1 is 0.833 bits per heavy atom. The Morgan fingerprint density at radius 3 is 2.08 bits per heavy atom. The smallest absolute Gasteiger partial charge is 0.387 e. The van der Waals surface area contributed by atoms with Gasteiger partial charge in [-0.15, -0.1) is 0 Å². The minimum atomic E-state index is -3.03. The van der Waals surface area contributed by atoms with Gasteiger partial charge in [0.1, 0.15) is 0 Å². The SMILES string of the molecule is CCCCC[SiH]1CCC(CC[C@H]2CC[C@H](c3ccc(-c4ccc(OC(F)F)c(F)c4)cc3)CC2)CC1. The van der Waals surface area contributed by atoms with Crippen LogP contribution in [0, 0.1) is 17.7 Å².